The van der Waals surface area contributed by atoms with E-state index in [2.05, 4.69) is 159 Å². The Morgan fingerprint density at radius 1 is 0.513 bits per heavy atom. The zero-order valence-electron chi connectivity index (χ0n) is 45.1. The molecule has 8 rings (SSSR count). The van der Waals surface area contributed by atoms with E-state index >= 15 is 0 Å². The average Bonchev–Trinajstić information content (AvgIpc) is 4.40. The molecule has 12 nitrogen and oxygen atoms in total. The van der Waals surface area contributed by atoms with Gasteiger partial charge < -0.3 is 48.8 Å². The summed E-state index contributed by atoms with van der Waals surface area (Å²) in [6.07, 6.45) is 11.2. The van der Waals surface area contributed by atoms with Gasteiger partial charge in [-0.05, 0) is 94.9 Å². The SMILES string of the molecule is C(COCC1CO1)OCC1CO1.CC(C)(C)CC(O)COCCOCC(O)C[n+]1ccc(C(CCO)CC(c2ccccc2)c2ccccc2)cc1.OCCC(CC(c1ccccc1)c1ccccc1)c1ccncc1. The standard InChI is InChI=1S/C34H48NO5.C22H23NO.C8H14O4/c1-34(2,3)23-31(37)25-39-20-21-40-26-32(38)24-35-17-14-27(15-18-35)30(16-19-36)22-33(28-10-6-4-7-11-28)29-12-8-5-9-13-29;24-16-13-21(18-11-14-23-15-12-18)17-22(19-7-3-1-4-8-19)20-9-5-2-6-10-20;1(9-3-7-5-11-7)2-10-4-8-6-12-8/h4-15,17-18,30-33,36-38H,16,19-26H2,1-3H3;1-12,14-15,21-22,24H,13,16-17H2;7-8H,1-6H2/q+1;;. The predicted octanol–water partition coefficient (Wildman–Crippen LogP) is 9.44. The van der Waals surface area contributed by atoms with E-state index < -0.39 is 12.2 Å². The number of aliphatic hydroxyl groups is 4. The highest BCUT2D eigenvalue weighted by Gasteiger charge is 2.25. The van der Waals surface area contributed by atoms with Crippen molar-refractivity contribution in [3.63, 3.8) is 0 Å². The molecule has 2 aliphatic rings. The molecule has 12 heteroatoms. The summed E-state index contributed by atoms with van der Waals surface area (Å²) in [5, 5.41) is 39.8. The molecule has 0 amide bonds. The third-order valence-electron chi connectivity index (χ3n) is 13.4. The van der Waals surface area contributed by atoms with Crippen LogP contribution in [-0.2, 0) is 35.0 Å². The van der Waals surface area contributed by atoms with Crippen molar-refractivity contribution in [2.24, 2.45) is 5.41 Å². The summed E-state index contributed by atoms with van der Waals surface area (Å²) in [6.45, 7) is 12.7. The third-order valence-corrected chi connectivity index (χ3v) is 13.4. The first kappa shape index (κ1) is 60.0. The van der Waals surface area contributed by atoms with Gasteiger partial charge in [0.1, 0.15) is 18.3 Å². The molecule has 4 N–H and O–H groups in total. The summed E-state index contributed by atoms with van der Waals surface area (Å²) in [5.74, 6) is 1.05. The van der Waals surface area contributed by atoms with Gasteiger partial charge in [0, 0.05) is 49.6 Å². The lowest BCUT2D eigenvalue weighted by Gasteiger charge is -2.24. The van der Waals surface area contributed by atoms with Crippen LogP contribution in [0.15, 0.2) is 170 Å². The summed E-state index contributed by atoms with van der Waals surface area (Å²) in [6, 6.07) is 50.7. The van der Waals surface area contributed by atoms with Crippen LogP contribution in [0.3, 0.4) is 0 Å². The number of nitrogens with zero attached hydrogens (tertiary/aromatic N) is 2. The molecule has 410 valence electrons. The van der Waals surface area contributed by atoms with Crippen molar-refractivity contribution < 1.29 is 53.4 Å². The van der Waals surface area contributed by atoms with E-state index in [1.807, 2.05) is 41.5 Å². The maximum absolute atomic E-state index is 10.4. The molecule has 2 aromatic heterocycles. The number of hydrogen-bond acceptors (Lipinski definition) is 11. The lowest BCUT2D eigenvalue weighted by Crippen LogP contribution is -2.41. The van der Waals surface area contributed by atoms with Gasteiger partial charge in [-0.2, -0.15) is 0 Å². The van der Waals surface area contributed by atoms with E-state index in [1.165, 1.54) is 33.4 Å². The van der Waals surface area contributed by atoms with Gasteiger partial charge in [0.2, 0.25) is 0 Å². The molecular weight excluding hydrogens is 957 g/mol. The lowest BCUT2D eigenvalue weighted by atomic mass is 9.80. The molecule has 0 aliphatic carbocycles. The number of benzene rings is 4. The first-order chi connectivity index (χ1) is 37.1. The smallest absolute Gasteiger partial charge is 0.176 e. The van der Waals surface area contributed by atoms with E-state index in [0.29, 0.717) is 89.7 Å². The fourth-order valence-electron chi connectivity index (χ4n) is 9.39. The Kier molecular flexibility index (Phi) is 26.7. The second kappa shape index (κ2) is 33.8. The molecular formula is C64H85N2O10+. The molecule has 0 saturated carbocycles. The second-order valence-corrected chi connectivity index (χ2v) is 21.0. The normalized spacial score (nSPS) is 16.4. The largest absolute Gasteiger partial charge is 0.396 e. The Morgan fingerprint density at radius 2 is 0.882 bits per heavy atom. The molecule has 0 bridgehead atoms. The molecule has 4 aromatic carbocycles. The van der Waals surface area contributed by atoms with Crippen molar-refractivity contribution in [1.82, 2.24) is 4.98 Å². The predicted molar refractivity (Wildman–Crippen MR) is 297 cm³/mol. The van der Waals surface area contributed by atoms with Gasteiger partial charge in [-0.3, -0.25) is 4.98 Å². The van der Waals surface area contributed by atoms with Crippen LogP contribution in [0.25, 0.3) is 0 Å². The van der Waals surface area contributed by atoms with Crippen molar-refractivity contribution in [1.29, 1.82) is 0 Å². The molecule has 0 spiro atoms. The molecule has 2 fully saturated rings. The van der Waals surface area contributed by atoms with Crippen LogP contribution < -0.4 is 4.57 Å². The van der Waals surface area contributed by atoms with Crippen LogP contribution in [0, 0.1) is 5.41 Å². The van der Waals surface area contributed by atoms with Crippen molar-refractivity contribution >= 4 is 0 Å². The highest BCUT2D eigenvalue weighted by molar-refractivity contribution is 5.35. The molecule has 76 heavy (non-hydrogen) atoms. The molecule has 6 unspecified atom stereocenters. The maximum atomic E-state index is 10.4. The number of aliphatic hydroxyl groups excluding tert-OH is 4. The Labute approximate surface area is 452 Å². The average molecular weight is 1040 g/mol. The van der Waals surface area contributed by atoms with Gasteiger partial charge in [-0.15, -0.1) is 0 Å². The quantitative estimate of drug-likeness (QED) is 0.0187. The molecule has 4 heterocycles. The molecule has 0 radical (unpaired) electrons. The number of aromatic nitrogens is 2. The Balaban J connectivity index is 0.000000216. The highest BCUT2D eigenvalue weighted by Crippen LogP contribution is 2.38. The van der Waals surface area contributed by atoms with Crippen molar-refractivity contribution in [2.45, 2.75) is 108 Å². The second-order valence-electron chi connectivity index (χ2n) is 21.0. The third kappa shape index (κ3) is 23.6. The summed E-state index contributed by atoms with van der Waals surface area (Å²) < 4.78 is 33.5. The minimum Gasteiger partial charge on any atom is -0.396 e. The Hall–Kier alpha value is -5.22. The van der Waals surface area contributed by atoms with Crippen LogP contribution >= 0.6 is 0 Å². The summed E-state index contributed by atoms with van der Waals surface area (Å²) >= 11 is 0. The zero-order chi connectivity index (χ0) is 53.6. The number of epoxide rings is 2. The van der Waals surface area contributed by atoms with Crippen LogP contribution in [0.2, 0.25) is 0 Å². The van der Waals surface area contributed by atoms with Gasteiger partial charge in [0.05, 0.1) is 72.2 Å². The zero-order valence-corrected chi connectivity index (χ0v) is 45.1. The van der Waals surface area contributed by atoms with Crippen LogP contribution in [0.5, 0.6) is 0 Å². The number of ether oxygens (including phenoxy) is 6. The van der Waals surface area contributed by atoms with Gasteiger partial charge in [-0.1, -0.05) is 142 Å². The van der Waals surface area contributed by atoms with Gasteiger partial charge in [-0.25, -0.2) is 4.57 Å². The molecule has 2 saturated heterocycles. The van der Waals surface area contributed by atoms with E-state index in [9.17, 15) is 20.4 Å². The maximum Gasteiger partial charge on any atom is 0.176 e. The van der Waals surface area contributed by atoms with Crippen molar-refractivity contribution in [3.8, 4) is 0 Å². The number of hydrogen-bond donors (Lipinski definition) is 4. The van der Waals surface area contributed by atoms with Gasteiger partial charge >= 0.3 is 0 Å². The highest BCUT2D eigenvalue weighted by atomic mass is 16.6. The fourth-order valence-corrected chi connectivity index (χ4v) is 9.39. The van der Waals surface area contributed by atoms with Crippen LogP contribution in [-0.4, -0.2) is 129 Å². The number of rotatable bonds is 31. The molecule has 2 aliphatic heterocycles. The minimum absolute atomic E-state index is 0.0613. The van der Waals surface area contributed by atoms with Crippen LogP contribution in [0.4, 0.5) is 0 Å². The lowest BCUT2D eigenvalue weighted by molar-refractivity contribution is -0.704. The minimum atomic E-state index is -0.642. The van der Waals surface area contributed by atoms with E-state index in [-0.39, 0.29) is 37.1 Å². The Morgan fingerprint density at radius 3 is 1.25 bits per heavy atom. The van der Waals surface area contributed by atoms with E-state index in [0.717, 1.165) is 32.5 Å². The van der Waals surface area contributed by atoms with Crippen molar-refractivity contribution in [3.05, 3.63) is 204 Å². The molecule has 6 atom stereocenters. The van der Waals surface area contributed by atoms with E-state index in [4.69, 9.17) is 28.4 Å². The summed E-state index contributed by atoms with van der Waals surface area (Å²) in [4.78, 5) is 4.12. The number of pyridine rings is 2. The summed E-state index contributed by atoms with van der Waals surface area (Å²) in [5.41, 5.74) is 7.68. The summed E-state index contributed by atoms with van der Waals surface area (Å²) in [7, 11) is 0. The first-order valence-corrected chi connectivity index (χ1v) is 27.3. The topological polar surface area (TPSA) is 160 Å². The first-order valence-electron chi connectivity index (χ1n) is 27.3. The Bertz CT molecular complexity index is 2280. The monoisotopic (exact) mass is 1040 g/mol. The van der Waals surface area contributed by atoms with E-state index in [1.54, 1.807) is 0 Å². The van der Waals surface area contributed by atoms with Crippen LogP contribution in [0.1, 0.15) is 110 Å². The fraction of sp³-hybridized carbons (Fsp3) is 0.469. The molecule has 6 aromatic rings. The van der Waals surface area contributed by atoms with Gasteiger partial charge in [0.15, 0.2) is 18.9 Å². The van der Waals surface area contributed by atoms with Crippen molar-refractivity contribution in [2.75, 3.05) is 79.3 Å². The van der Waals surface area contributed by atoms with Gasteiger partial charge in [0.25, 0.3) is 0 Å².